The molecule has 0 saturated carbocycles. The van der Waals surface area contributed by atoms with E-state index >= 15 is 0 Å². The van der Waals surface area contributed by atoms with Crippen molar-refractivity contribution >= 4 is 50.7 Å². The zero-order valence-corrected chi connectivity index (χ0v) is 15.9. The standard InChI is InChI=1S/C18H8BrCl3N2/c19-18-15(9-23)14(13-6-5-12(21)7-16(13)22)8-17(24-18)10-1-3-11(20)4-2-10/h1-8H. The first-order valence-corrected chi connectivity index (χ1v) is 8.74. The van der Waals surface area contributed by atoms with Crippen LogP contribution in [0.2, 0.25) is 15.1 Å². The summed E-state index contributed by atoms with van der Waals surface area (Å²) in [6.45, 7) is 0. The second-order valence-electron chi connectivity index (χ2n) is 4.96. The minimum absolute atomic E-state index is 0.414. The van der Waals surface area contributed by atoms with Crippen LogP contribution in [0.15, 0.2) is 53.1 Å². The summed E-state index contributed by atoms with van der Waals surface area (Å²) < 4.78 is 0.457. The monoisotopic (exact) mass is 436 g/mol. The van der Waals surface area contributed by atoms with Crippen LogP contribution in [0, 0.1) is 11.3 Å². The third-order valence-corrected chi connectivity index (χ3v) is 4.82. The van der Waals surface area contributed by atoms with Crippen molar-refractivity contribution in [3.8, 4) is 28.5 Å². The summed E-state index contributed by atoms with van der Waals surface area (Å²) in [6, 6.07) is 16.5. The summed E-state index contributed by atoms with van der Waals surface area (Å²) in [5, 5.41) is 11.1. The van der Waals surface area contributed by atoms with Gasteiger partial charge in [-0.1, -0.05) is 53.0 Å². The molecule has 3 aromatic rings. The summed E-state index contributed by atoms with van der Waals surface area (Å²) in [5.74, 6) is 0. The zero-order chi connectivity index (χ0) is 17.3. The minimum atomic E-state index is 0.414. The van der Waals surface area contributed by atoms with Crippen molar-refractivity contribution in [3.63, 3.8) is 0 Å². The molecule has 6 heteroatoms. The molecule has 0 atom stereocenters. The number of nitrogens with zero attached hydrogens (tertiary/aromatic N) is 2. The van der Waals surface area contributed by atoms with Crippen LogP contribution >= 0.6 is 50.7 Å². The van der Waals surface area contributed by atoms with Gasteiger partial charge in [-0.2, -0.15) is 5.26 Å². The molecule has 118 valence electrons. The Hall–Kier alpha value is -1.57. The molecule has 2 nitrogen and oxygen atoms in total. The lowest BCUT2D eigenvalue weighted by atomic mass is 9.99. The first-order chi connectivity index (χ1) is 11.5. The number of hydrogen-bond donors (Lipinski definition) is 0. The fourth-order valence-electron chi connectivity index (χ4n) is 2.31. The molecule has 0 spiro atoms. The highest BCUT2D eigenvalue weighted by Gasteiger charge is 2.16. The van der Waals surface area contributed by atoms with Gasteiger partial charge < -0.3 is 0 Å². The van der Waals surface area contributed by atoms with Gasteiger partial charge in [0.05, 0.1) is 11.3 Å². The lowest BCUT2D eigenvalue weighted by Crippen LogP contribution is -1.94. The van der Waals surface area contributed by atoms with Crippen LogP contribution in [0.25, 0.3) is 22.4 Å². The Kier molecular flexibility index (Phi) is 5.12. The molecule has 0 bridgehead atoms. The number of aromatic nitrogens is 1. The van der Waals surface area contributed by atoms with E-state index in [-0.39, 0.29) is 0 Å². The van der Waals surface area contributed by atoms with Crippen LogP contribution in [-0.2, 0) is 0 Å². The van der Waals surface area contributed by atoms with Gasteiger partial charge in [0.1, 0.15) is 10.7 Å². The summed E-state index contributed by atoms with van der Waals surface area (Å²) >= 11 is 21.6. The average Bonchev–Trinajstić information content (AvgIpc) is 2.55. The molecule has 0 unspecified atom stereocenters. The predicted molar refractivity (Wildman–Crippen MR) is 103 cm³/mol. The van der Waals surface area contributed by atoms with Gasteiger partial charge in [0.15, 0.2) is 0 Å². The van der Waals surface area contributed by atoms with E-state index in [4.69, 9.17) is 34.8 Å². The molecule has 0 N–H and O–H groups in total. The quantitative estimate of drug-likeness (QED) is 0.404. The van der Waals surface area contributed by atoms with E-state index in [9.17, 15) is 5.26 Å². The number of hydrogen-bond acceptors (Lipinski definition) is 2. The molecule has 0 aliphatic carbocycles. The van der Waals surface area contributed by atoms with E-state index in [0.717, 1.165) is 11.1 Å². The van der Waals surface area contributed by atoms with Crippen molar-refractivity contribution in [1.82, 2.24) is 4.98 Å². The molecular formula is C18H8BrCl3N2. The van der Waals surface area contributed by atoms with Crippen LogP contribution in [0.5, 0.6) is 0 Å². The van der Waals surface area contributed by atoms with Crippen molar-refractivity contribution in [2.45, 2.75) is 0 Å². The molecule has 0 aliphatic heterocycles. The van der Waals surface area contributed by atoms with E-state index in [1.165, 1.54) is 0 Å². The smallest absolute Gasteiger partial charge is 0.125 e. The lowest BCUT2D eigenvalue weighted by Gasteiger charge is -2.11. The highest BCUT2D eigenvalue weighted by Crippen LogP contribution is 2.37. The second kappa shape index (κ2) is 7.13. The summed E-state index contributed by atoms with van der Waals surface area (Å²) in [7, 11) is 0. The van der Waals surface area contributed by atoms with Gasteiger partial charge in [0, 0.05) is 31.8 Å². The van der Waals surface area contributed by atoms with Gasteiger partial charge in [-0.05, 0) is 46.3 Å². The summed E-state index contributed by atoms with van der Waals surface area (Å²) in [6.07, 6.45) is 0. The fraction of sp³-hybridized carbons (Fsp3) is 0. The number of nitriles is 1. The Labute approximate surface area is 162 Å². The van der Waals surface area contributed by atoms with E-state index in [1.54, 1.807) is 30.3 Å². The van der Waals surface area contributed by atoms with Crippen molar-refractivity contribution in [1.29, 1.82) is 5.26 Å². The Morgan fingerprint density at radius 1 is 0.875 bits per heavy atom. The topological polar surface area (TPSA) is 36.7 Å². The number of rotatable bonds is 2. The van der Waals surface area contributed by atoms with E-state index < -0.39 is 0 Å². The normalized spacial score (nSPS) is 10.5. The van der Waals surface area contributed by atoms with Gasteiger partial charge >= 0.3 is 0 Å². The van der Waals surface area contributed by atoms with Crippen LogP contribution in [-0.4, -0.2) is 4.98 Å². The third-order valence-electron chi connectivity index (χ3n) is 3.45. The third kappa shape index (κ3) is 3.43. The lowest BCUT2D eigenvalue weighted by molar-refractivity contribution is 1.25. The van der Waals surface area contributed by atoms with Crippen molar-refractivity contribution in [2.24, 2.45) is 0 Å². The van der Waals surface area contributed by atoms with Gasteiger partial charge in [-0.25, -0.2) is 4.98 Å². The van der Waals surface area contributed by atoms with E-state index in [0.29, 0.717) is 36.5 Å². The van der Waals surface area contributed by atoms with Crippen LogP contribution in [0.1, 0.15) is 5.56 Å². The Bertz CT molecular complexity index is 963. The van der Waals surface area contributed by atoms with Gasteiger partial charge in [-0.3, -0.25) is 0 Å². The Morgan fingerprint density at radius 3 is 2.17 bits per heavy atom. The molecule has 0 saturated heterocycles. The van der Waals surface area contributed by atoms with Crippen molar-refractivity contribution in [2.75, 3.05) is 0 Å². The SMILES string of the molecule is N#Cc1c(-c2ccc(Cl)cc2Cl)cc(-c2ccc(Cl)cc2)nc1Br. The summed E-state index contributed by atoms with van der Waals surface area (Å²) in [5.41, 5.74) is 3.41. The first-order valence-electron chi connectivity index (χ1n) is 6.81. The van der Waals surface area contributed by atoms with Crippen LogP contribution in [0.3, 0.4) is 0 Å². The minimum Gasteiger partial charge on any atom is -0.239 e. The highest BCUT2D eigenvalue weighted by molar-refractivity contribution is 9.10. The highest BCUT2D eigenvalue weighted by atomic mass is 79.9. The molecule has 24 heavy (non-hydrogen) atoms. The zero-order valence-electron chi connectivity index (χ0n) is 12.0. The molecule has 1 heterocycles. The number of benzene rings is 2. The van der Waals surface area contributed by atoms with Crippen LogP contribution < -0.4 is 0 Å². The van der Waals surface area contributed by atoms with E-state index in [1.807, 2.05) is 18.2 Å². The largest absolute Gasteiger partial charge is 0.239 e. The molecule has 2 aromatic carbocycles. The molecule has 0 amide bonds. The maximum absolute atomic E-state index is 9.50. The van der Waals surface area contributed by atoms with E-state index in [2.05, 4.69) is 27.0 Å². The molecule has 0 fully saturated rings. The Balaban J connectivity index is 2.24. The predicted octanol–water partition coefficient (Wildman–Crippen LogP) is 7.01. The molecular weight excluding hydrogens is 430 g/mol. The molecule has 3 rings (SSSR count). The summed E-state index contributed by atoms with van der Waals surface area (Å²) in [4.78, 5) is 4.46. The maximum Gasteiger partial charge on any atom is 0.125 e. The average molecular weight is 439 g/mol. The van der Waals surface area contributed by atoms with Crippen LogP contribution in [0.4, 0.5) is 0 Å². The van der Waals surface area contributed by atoms with Gasteiger partial charge in [-0.15, -0.1) is 0 Å². The number of pyridine rings is 1. The van der Waals surface area contributed by atoms with Gasteiger partial charge in [0.2, 0.25) is 0 Å². The van der Waals surface area contributed by atoms with Crippen molar-refractivity contribution < 1.29 is 0 Å². The molecule has 1 aromatic heterocycles. The molecule has 0 aliphatic rings. The first kappa shape index (κ1) is 17.3. The maximum atomic E-state index is 9.50. The number of halogens is 4. The van der Waals surface area contributed by atoms with Crippen molar-refractivity contribution in [3.05, 3.63) is 73.8 Å². The van der Waals surface area contributed by atoms with Gasteiger partial charge in [0.25, 0.3) is 0 Å². The second-order valence-corrected chi connectivity index (χ2v) is 6.99. The fourth-order valence-corrected chi connectivity index (χ4v) is 3.44. The Morgan fingerprint density at radius 2 is 1.54 bits per heavy atom. The molecule has 0 radical (unpaired) electrons.